The van der Waals surface area contributed by atoms with Crippen molar-refractivity contribution in [1.82, 2.24) is 0 Å². The maximum atomic E-state index is 6.36. The summed E-state index contributed by atoms with van der Waals surface area (Å²) in [6.45, 7) is 13.6. The van der Waals surface area contributed by atoms with Crippen molar-refractivity contribution in [3.05, 3.63) is 116 Å². The van der Waals surface area contributed by atoms with Crippen LogP contribution in [0.4, 0.5) is 0 Å². The van der Waals surface area contributed by atoms with Crippen LogP contribution in [-0.4, -0.2) is 19.5 Å². The molecule has 0 aliphatic heterocycles. The predicted octanol–water partition coefficient (Wildman–Crippen LogP) is 8.80. The Kier molecular flexibility index (Phi) is 8.58. The molecule has 0 amide bonds. The Hall–Kier alpha value is -3.69. The Bertz CT molecular complexity index is 1180. The smallest absolute Gasteiger partial charge is 0.197 e. The van der Waals surface area contributed by atoms with E-state index in [-0.39, 0.29) is 11.3 Å². The molecule has 0 aromatic heterocycles. The van der Waals surface area contributed by atoms with Crippen LogP contribution in [0.25, 0.3) is 22.3 Å². The summed E-state index contributed by atoms with van der Waals surface area (Å²) in [7, 11) is 0. The average Bonchev–Trinajstić information content (AvgIpc) is 2.91. The highest BCUT2D eigenvalue weighted by atomic mass is 16.7. The molecule has 4 aromatic carbocycles. The van der Waals surface area contributed by atoms with Crippen LogP contribution in [0, 0.1) is 12.3 Å². The Labute approximate surface area is 222 Å². The third kappa shape index (κ3) is 6.96. The molecule has 0 aliphatic carbocycles. The van der Waals surface area contributed by atoms with Gasteiger partial charge in [0, 0.05) is 16.5 Å². The summed E-state index contributed by atoms with van der Waals surface area (Å²) in [5, 5.41) is 0. The topological polar surface area (TPSA) is 27.7 Å². The van der Waals surface area contributed by atoms with Gasteiger partial charge in [-0.3, -0.25) is 0 Å². The van der Waals surface area contributed by atoms with E-state index in [4.69, 9.17) is 14.2 Å². The third-order valence-corrected chi connectivity index (χ3v) is 6.50. The number of rotatable bonds is 10. The first-order valence-corrected chi connectivity index (χ1v) is 12.9. The zero-order valence-electron chi connectivity index (χ0n) is 22.3. The van der Waals surface area contributed by atoms with Crippen LogP contribution >= 0.6 is 0 Å². The van der Waals surface area contributed by atoms with Crippen LogP contribution < -0.4 is 9.47 Å². The molecule has 0 radical (unpaired) electrons. The van der Waals surface area contributed by atoms with Gasteiger partial charge < -0.3 is 14.2 Å². The van der Waals surface area contributed by atoms with Gasteiger partial charge in [-0.25, -0.2) is 0 Å². The lowest BCUT2D eigenvalue weighted by Crippen LogP contribution is -2.20. The van der Waals surface area contributed by atoms with E-state index in [9.17, 15) is 0 Å². The Morgan fingerprint density at radius 3 is 1.73 bits per heavy atom. The lowest BCUT2D eigenvalue weighted by molar-refractivity contribution is -0.0738. The first-order valence-electron chi connectivity index (χ1n) is 12.9. The second-order valence-electron chi connectivity index (χ2n) is 10.3. The second kappa shape index (κ2) is 12.0. The van der Waals surface area contributed by atoms with Crippen LogP contribution in [0.5, 0.6) is 11.5 Å². The molecule has 0 saturated carbocycles. The van der Waals surface area contributed by atoms with E-state index in [1.165, 1.54) is 5.56 Å². The highest BCUT2D eigenvalue weighted by Gasteiger charge is 2.27. The Balaban J connectivity index is 1.39. The van der Waals surface area contributed by atoms with E-state index in [1.54, 1.807) is 0 Å². The lowest BCUT2D eigenvalue weighted by Gasteiger charge is -2.22. The molecule has 190 valence electrons. The molecule has 0 saturated heterocycles. The zero-order chi connectivity index (χ0) is 26.3. The molecular weight excluding hydrogens is 456 g/mol. The Morgan fingerprint density at radius 1 is 0.676 bits per heavy atom. The second-order valence-corrected chi connectivity index (χ2v) is 10.3. The normalized spacial score (nSPS) is 13.1. The molecule has 0 spiro atoms. The fourth-order valence-electron chi connectivity index (χ4n) is 4.24. The largest absolute Gasteiger partial charge is 0.490 e. The van der Waals surface area contributed by atoms with Crippen LogP contribution in [-0.2, 0) is 4.74 Å². The van der Waals surface area contributed by atoms with Crippen molar-refractivity contribution in [3.63, 3.8) is 0 Å². The molecule has 3 nitrogen and oxygen atoms in total. The maximum Gasteiger partial charge on any atom is 0.197 e. The lowest BCUT2D eigenvalue weighted by atomic mass is 9.78. The first kappa shape index (κ1) is 26.4. The van der Waals surface area contributed by atoms with Crippen molar-refractivity contribution in [3.8, 4) is 33.8 Å². The molecule has 0 N–H and O–H groups in total. The van der Waals surface area contributed by atoms with Crippen LogP contribution in [0.3, 0.4) is 0 Å². The number of hydrogen-bond donors (Lipinski definition) is 0. The van der Waals surface area contributed by atoms with E-state index in [2.05, 4.69) is 82.3 Å². The molecule has 4 aromatic rings. The summed E-state index contributed by atoms with van der Waals surface area (Å²) in [4.78, 5) is 0. The summed E-state index contributed by atoms with van der Waals surface area (Å²) < 4.78 is 18.3. The monoisotopic (exact) mass is 493 g/mol. The van der Waals surface area contributed by atoms with Gasteiger partial charge in [-0.05, 0) is 35.7 Å². The van der Waals surface area contributed by atoms with E-state index < -0.39 is 6.29 Å². The molecule has 0 bridgehead atoms. The fraction of sp³-hybridized carbons (Fsp3) is 0.265. The highest BCUT2D eigenvalue weighted by molar-refractivity contribution is 5.82. The van der Waals surface area contributed by atoms with Crippen molar-refractivity contribution < 1.29 is 14.2 Å². The van der Waals surface area contributed by atoms with E-state index in [0.29, 0.717) is 13.2 Å². The van der Waals surface area contributed by atoms with Crippen molar-refractivity contribution >= 4 is 0 Å². The molecule has 4 rings (SSSR count). The van der Waals surface area contributed by atoms with Crippen LogP contribution in [0.2, 0.25) is 0 Å². The quantitative estimate of drug-likeness (QED) is 0.125. The molecule has 0 aliphatic rings. The number of ether oxygens (including phenoxy) is 3. The average molecular weight is 494 g/mol. The van der Waals surface area contributed by atoms with Gasteiger partial charge in [-0.2, -0.15) is 0 Å². The van der Waals surface area contributed by atoms with Crippen LogP contribution in [0.1, 0.15) is 39.2 Å². The minimum absolute atomic E-state index is 0.109. The van der Waals surface area contributed by atoms with Crippen molar-refractivity contribution in [2.75, 3.05) is 13.2 Å². The molecule has 0 fully saturated rings. The van der Waals surface area contributed by atoms with E-state index in [0.717, 1.165) is 33.8 Å². The minimum Gasteiger partial charge on any atom is -0.490 e. The SMILES string of the molecule is [CH2+]C(c1ccc(OC(C)OCCOc2c(-c3ccccc3)cccc2-c2ccccc2)cc1)C(C)(C)C. The maximum absolute atomic E-state index is 6.36. The first-order chi connectivity index (χ1) is 17.8. The van der Waals surface area contributed by atoms with Crippen molar-refractivity contribution in [2.24, 2.45) is 5.41 Å². The van der Waals surface area contributed by atoms with Gasteiger partial charge in [0.1, 0.15) is 24.0 Å². The molecule has 0 heterocycles. The van der Waals surface area contributed by atoms with Gasteiger partial charge in [-0.1, -0.05) is 112 Å². The summed E-state index contributed by atoms with van der Waals surface area (Å²) in [5.41, 5.74) is 5.67. The Morgan fingerprint density at radius 2 is 1.22 bits per heavy atom. The van der Waals surface area contributed by atoms with Crippen molar-refractivity contribution in [1.29, 1.82) is 0 Å². The summed E-state index contributed by atoms with van der Waals surface area (Å²) in [6.07, 6.45) is -0.398. The van der Waals surface area contributed by atoms with Gasteiger partial charge in [0.25, 0.3) is 0 Å². The fourth-order valence-corrected chi connectivity index (χ4v) is 4.24. The predicted molar refractivity (Wildman–Crippen MR) is 153 cm³/mol. The van der Waals surface area contributed by atoms with Crippen LogP contribution in [0.15, 0.2) is 103 Å². The molecular formula is C34H37O3+. The highest BCUT2D eigenvalue weighted by Crippen LogP contribution is 2.39. The van der Waals surface area contributed by atoms with Gasteiger partial charge in [0.05, 0.1) is 13.5 Å². The molecule has 37 heavy (non-hydrogen) atoms. The zero-order valence-corrected chi connectivity index (χ0v) is 22.3. The summed E-state index contributed by atoms with van der Waals surface area (Å²) in [5.74, 6) is 1.85. The van der Waals surface area contributed by atoms with Gasteiger partial charge in [0.2, 0.25) is 0 Å². The minimum atomic E-state index is -0.398. The van der Waals surface area contributed by atoms with E-state index >= 15 is 0 Å². The molecule has 3 heteroatoms. The number of hydrogen-bond acceptors (Lipinski definition) is 3. The van der Waals surface area contributed by atoms with Gasteiger partial charge in [-0.15, -0.1) is 0 Å². The van der Waals surface area contributed by atoms with E-state index in [1.807, 2.05) is 55.5 Å². The van der Waals surface area contributed by atoms with Gasteiger partial charge in [0.15, 0.2) is 6.29 Å². The summed E-state index contributed by atoms with van der Waals surface area (Å²) in [6, 6.07) is 35.1. The number of benzene rings is 4. The van der Waals surface area contributed by atoms with Crippen molar-refractivity contribution in [2.45, 2.75) is 39.9 Å². The standard InChI is InChI=1S/C34H37O3/c1-25(34(3,4)5)27-19-21-30(22-20-27)37-26(2)35-23-24-36-33-31(28-13-8-6-9-14-28)17-12-18-32(33)29-15-10-7-11-16-29/h6-22,25-26H,1,23-24H2,2-5H3/q+1. The summed E-state index contributed by atoms with van der Waals surface area (Å²) >= 11 is 0. The molecule has 2 unspecified atom stereocenters. The third-order valence-electron chi connectivity index (χ3n) is 6.50. The number of para-hydroxylation sites is 1. The van der Waals surface area contributed by atoms with Gasteiger partial charge >= 0.3 is 0 Å². The molecule has 2 atom stereocenters.